The Kier molecular flexibility index (Phi) is 8.32. The molecule has 39 heavy (non-hydrogen) atoms. The molecule has 2 saturated heterocycles. The van der Waals surface area contributed by atoms with Gasteiger partial charge in [-0.3, -0.25) is 14.5 Å². The average Bonchev–Trinajstić information content (AvgIpc) is 3.01. The number of piperidine rings is 1. The number of carbonyl (C=O) groups is 3. The van der Waals surface area contributed by atoms with Crippen LogP contribution in [0, 0.1) is 0 Å². The Morgan fingerprint density at radius 2 is 1.31 bits per heavy atom. The van der Waals surface area contributed by atoms with Gasteiger partial charge in [-0.2, -0.15) is 0 Å². The van der Waals surface area contributed by atoms with Gasteiger partial charge in [0.05, 0.1) is 18.0 Å². The lowest BCUT2D eigenvalue weighted by Crippen LogP contribution is -2.55. The fourth-order valence-electron chi connectivity index (χ4n) is 5.40. The first-order valence-electron chi connectivity index (χ1n) is 13.7. The Morgan fingerprint density at radius 3 is 1.82 bits per heavy atom. The number of piperazine rings is 1. The first-order valence-corrected chi connectivity index (χ1v) is 13.7. The maximum absolute atomic E-state index is 13.7. The van der Waals surface area contributed by atoms with E-state index in [9.17, 15) is 14.4 Å². The molecule has 1 aromatic heterocycles. The summed E-state index contributed by atoms with van der Waals surface area (Å²) in [6, 6.07) is 24.0. The van der Waals surface area contributed by atoms with Gasteiger partial charge in [0.25, 0.3) is 5.91 Å². The second-order valence-electron chi connectivity index (χ2n) is 9.93. The summed E-state index contributed by atoms with van der Waals surface area (Å²) < 4.78 is 4.85. The minimum atomic E-state index is -0.773. The molecule has 2 aromatic carbocycles. The predicted molar refractivity (Wildman–Crippen MR) is 149 cm³/mol. The van der Waals surface area contributed by atoms with Gasteiger partial charge < -0.3 is 14.5 Å². The highest BCUT2D eigenvalue weighted by atomic mass is 16.5. The zero-order valence-electron chi connectivity index (χ0n) is 22.3. The smallest absolute Gasteiger partial charge is 0.397 e. The number of carbonyl (C=O) groups excluding carboxylic acids is 3. The highest BCUT2D eigenvalue weighted by Crippen LogP contribution is 2.26. The maximum atomic E-state index is 13.7. The number of rotatable bonds is 5. The summed E-state index contributed by atoms with van der Waals surface area (Å²) in [6.45, 7) is 5.83. The third kappa shape index (κ3) is 6.17. The van der Waals surface area contributed by atoms with E-state index in [1.54, 1.807) is 11.8 Å². The zero-order chi connectivity index (χ0) is 27.2. The van der Waals surface area contributed by atoms with Crippen LogP contribution >= 0.6 is 0 Å². The Hall–Kier alpha value is -4.04. The summed E-state index contributed by atoms with van der Waals surface area (Å²) in [5.74, 6) is -1.31. The largest absolute Gasteiger partial charge is 0.459 e. The molecule has 5 rings (SSSR count). The number of hydrogen-bond donors (Lipinski definition) is 0. The van der Waals surface area contributed by atoms with Crippen LogP contribution < -0.4 is 0 Å². The Labute approximate surface area is 229 Å². The van der Waals surface area contributed by atoms with E-state index >= 15 is 0 Å². The Bertz CT molecular complexity index is 1240. The van der Waals surface area contributed by atoms with Crippen molar-refractivity contribution in [1.29, 1.82) is 0 Å². The van der Waals surface area contributed by atoms with Gasteiger partial charge in [-0.25, -0.2) is 9.78 Å². The molecule has 202 valence electrons. The van der Waals surface area contributed by atoms with E-state index in [0.29, 0.717) is 37.8 Å². The lowest BCUT2D eigenvalue weighted by molar-refractivity contribution is -0.160. The van der Waals surface area contributed by atoms with Crippen LogP contribution in [0.25, 0.3) is 22.5 Å². The molecule has 0 atom stereocenters. The number of esters is 1. The van der Waals surface area contributed by atoms with Crippen molar-refractivity contribution in [3.8, 4) is 22.5 Å². The first kappa shape index (κ1) is 26.6. The van der Waals surface area contributed by atoms with Crippen molar-refractivity contribution in [2.75, 3.05) is 45.9 Å². The summed E-state index contributed by atoms with van der Waals surface area (Å²) in [7, 11) is 0. The van der Waals surface area contributed by atoms with E-state index in [1.165, 1.54) is 0 Å². The molecule has 8 nitrogen and oxygen atoms in total. The highest BCUT2D eigenvalue weighted by Gasteiger charge is 2.32. The second kappa shape index (κ2) is 12.2. The number of nitrogens with zero attached hydrogens (tertiary/aromatic N) is 4. The summed E-state index contributed by atoms with van der Waals surface area (Å²) in [5.41, 5.74) is 4.15. The number of hydrogen-bond acceptors (Lipinski definition) is 6. The summed E-state index contributed by atoms with van der Waals surface area (Å²) >= 11 is 0. The van der Waals surface area contributed by atoms with Crippen LogP contribution in [0.2, 0.25) is 0 Å². The predicted octanol–water partition coefficient (Wildman–Crippen LogP) is 3.73. The lowest BCUT2D eigenvalue weighted by atomic mass is 10.0. The van der Waals surface area contributed by atoms with Crippen molar-refractivity contribution in [3.63, 3.8) is 0 Å². The van der Waals surface area contributed by atoms with E-state index in [4.69, 9.17) is 9.72 Å². The fourth-order valence-corrected chi connectivity index (χ4v) is 5.40. The van der Waals surface area contributed by atoms with E-state index < -0.39 is 11.9 Å². The van der Waals surface area contributed by atoms with E-state index in [-0.39, 0.29) is 12.5 Å². The third-order valence-corrected chi connectivity index (χ3v) is 7.53. The molecular weight excluding hydrogens is 492 g/mol. The van der Waals surface area contributed by atoms with Gasteiger partial charge in [0.15, 0.2) is 0 Å². The van der Waals surface area contributed by atoms with Gasteiger partial charge in [0.1, 0.15) is 0 Å². The van der Waals surface area contributed by atoms with Crippen molar-refractivity contribution >= 4 is 17.8 Å². The molecule has 0 bridgehead atoms. The molecular formula is C31H34N4O4. The van der Waals surface area contributed by atoms with Gasteiger partial charge in [0, 0.05) is 62.0 Å². The molecule has 0 saturated carbocycles. The van der Waals surface area contributed by atoms with Crippen LogP contribution in [0.1, 0.15) is 30.1 Å². The van der Waals surface area contributed by atoms with Crippen molar-refractivity contribution in [1.82, 2.24) is 19.7 Å². The fraction of sp³-hybridized carbons (Fsp3) is 0.355. The molecule has 2 aliphatic rings. The topological polar surface area (TPSA) is 83.1 Å². The Balaban J connectivity index is 1.24. The molecule has 0 unspecified atom stereocenters. The third-order valence-electron chi connectivity index (χ3n) is 7.53. The summed E-state index contributed by atoms with van der Waals surface area (Å²) in [5, 5.41) is 0. The van der Waals surface area contributed by atoms with E-state index in [0.717, 1.165) is 48.4 Å². The van der Waals surface area contributed by atoms with Crippen LogP contribution in [-0.4, -0.2) is 89.4 Å². The van der Waals surface area contributed by atoms with Crippen molar-refractivity contribution < 1.29 is 19.1 Å². The number of benzene rings is 2. The van der Waals surface area contributed by atoms with Crippen LogP contribution in [0.5, 0.6) is 0 Å². The Morgan fingerprint density at radius 1 is 0.769 bits per heavy atom. The summed E-state index contributed by atoms with van der Waals surface area (Å²) in [6.07, 6.45) is 1.62. The molecule has 3 aromatic rings. The minimum Gasteiger partial charge on any atom is -0.459 e. The molecule has 2 fully saturated rings. The molecule has 0 spiro atoms. The lowest BCUT2D eigenvalue weighted by Gasteiger charge is -2.42. The molecule has 0 radical (unpaired) electrons. The van der Waals surface area contributed by atoms with Crippen LogP contribution in [-0.2, 0) is 14.3 Å². The molecule has 2 amide bonds. The van der Waals surface area contributed by atoms with Crippen LogP contribution in [0.4, 0.5) is 0 Å². The number of amides is 2. The standard InChI is InChI=1S/C31H34N4O4/c1-2-39-31(38)30(37)34-15-13-26(14-16-34)33-17-19-35(20-18-33)29(36)25-21-27(23-9-5-3-6-10-23)32-28(22-25)24-11-7-4-8-12-24/h3-12,21-22,26H,2,13-20H2,1H3. The van der Waals surface area contributed by atoms with Gasteiger partial charge in [0.2, 0.25) is 0 Å². The highest BCUT2D eigenvalue weighted by molar-refractivity contribution is 6.32. The normalized spacial score (nSPS) is 16.6. The molecule has 2 aliphatic heterocycles. The van der Waals surface area contributed by atoms with E-state index in [1.807, 2.05) is 77.7 Å². The number of likely N-dealkylation sites (tertiary alicyclic amines) is 1. The van der Waals surface area contributed by atoms with Gasteiger partial charge in [-0.1, -0.05) is 60.7 Å². The zero-order valence-corrected chi connectivity index (χ0v) is 22.3. The SMILES string of the molecule is CCOC(=O)C(=O)N1CCC(N2CCN(C(=O)c3cc(-c4ccccc4)nc(-c4ccccc4)c3)CC2)CC1. The van der Waals surface area contributed by atoms with E-state index in [2.05, 4.69) is 4.90 Å². The van der Waals surface area contributed by atoms with Gasteiger partial charge in [-0.05, 0) is 31.9 Å². The van der Waals surface area contributed by atoms with Crippen molar-refractivity contribution in [3.05, 3.63) is 78.4 Å². The number of aromatic nitrogens is 1. The maximum Gasteiger partial charge on any atom is 0.397 e. The second-order valence-corrected chi connectivity index (χ2v) is 9.93. The quantitative estimate of drug-likeness (QED) is 0.372. The summed E-state index contributed by atoms with van der Waals surface area (Å²) in [4.78, 5) is 48.5. The first-order chi connectivity index (χ1) is 19.0. The molecule has 8 heteroatoms. The van der Waals surface area contributed by atoms with Gasteiger partial charge >= 0.3 is 11.9 Å². The molecule has 0 N–H and O–H groups in total. The number of pyridine rings is 1. The molecule has 3 heterocycles. The monoisotopic (exact) mass is 526 g/mol. The van der Waals surface area contributed by atoms with Crippen molar-refractivity contribution in [2.45, 2.75) is 25.8 Å². The van der Waals surface area contributed by atoms with Gasteiger partial charge in [-0.15, -0.1) is 0 Å². The molecule has 0 aliphatic carbocycles. The van der Waals surface area contributed by atoms with Crippen LogP contribution in [0.3, 0.4) is 0 Å². The average molecular weight is 527 g/mol. The minimum absolute atomic E-state index is 0.0151. The number of ether oxygens (including phenoxy) is 1. The van der Waals surface area contributed by atoms with Crippen molar-refractivity contribution in [2.24, 2.45) is 0 Å². The van der Waals surface area contributed by atoms with Crippen LogP contribution in [0.15, 0.2) is 72.8 Å².